The molecule has 0 aliphatic rings. The van der Waals surface area contributed by atoms with Crippen LogP contribution in [-0.4, -0.2) is 44.9 Å². The van der Waals surface area contributed by atoms with Gasteiger partial charge in [-0.1, -0.05) is 13.0 Å². The van der Waals surface area contributed by atoms with Gasteiger partial charge >= 0.3 is 0 Å². The molecule has 0 bridgehead atoms. The summed E-state index contributed by atoms with van der Waals surface area (Å²) in [6.07, 6.45) is 3.02. The summed E-state index contributed by atoms with van der Waals surface area (Å²) in [4.78, 5) is 0. The molecule has 1 atom stereocenters. The topological polar surface area (TPSA) is 62.9 Å². The Bertz CT molecular complexity index is 537. The van der Waals surface area contributed by atoms with Gasteiger partial charge in [-0.3, -0.25) is 0 Å². The van der Waals surface area contributed by atoms with E-state index >= 15 is 0 Å². The van der Waals surface area contributed by atoms with Crippen molar-refractivity contribution < 1.29 is 18.9 Å². The van der Waals surface area contributed by atoms with E-state index in [1.165, 1.54) is 11.1 Å². The molecule has 0 fully saturated rings. The molecule has 1 unspecified atom stereocenters. The van der Waals surface area contributed by atoms with Gasteiger partial charge in [0.2, 0.25) is 0 Å². The van der Waals surface area contributed by atoms with Crippen LogP contribution in [0.4, 0.5) is 5.69 Å². The molecule has 2 N–H and O–H groups in total. The molecular formula is C22H39NO4. The third-order valence-electron chi connectivity index (χ3n) is 5.07. The molecular weight excluding hydrogens is 342 g/mol. The minimum absolute atomic E-state index is 0.244. The molecule has 0 amide bonds. The molecule has 0 spiro atoms. The minimum atomic E-state index is -0.272. The van der Waals surface area contributed by atoms with Crippen molar-refractivity contribution in [3.05, 3.63) is 29.3 Å². The van der Waals surface area contributed by atoms with Gasteiger partial charge in [0.25, 0.3) is 0 Å². The minimum Gasteiger partial charge on any atom is -0.399 e. The van der Waals surface area contributed by atoms with Crippen molar-refractivity contribution in [2.24, 2.45) is 0 Å². The van der Waals surface area contributed by atoms with Crippen LogP contribution >= 0.6 is 0 Å². The first-order valence-corrected chi connectivity index (χ1v) is 9.82. The van der Waals surface area contributed by atoms with E-state index in [0.29, 0.717) is 19.6 Å². The highest BCUT2D eigenvalue weighted by Gasteiger charge is 2.29. The summed E-state index contributed by atoms with van der Waals surface area (Å²) in [7, 11) is 3.31. The molecule has 27 heavy (non-hydrogen) atoms. The normalized spacial score (nSPS) is 14.5. The number of hydrogen-bond donors (Lipinski definition) is 1. The average molecular weight is 382 g/mol. The third kappa shape index (κ3) is 9.06. The number of nitrogens with two attached hydrogens (primary N) is 1. The van der Waals surface area contributed by atoms with Gasteiger partial charge in [0.05, 0.1) is 24.4 Å². The number of nitrogen functional groups attached to an aromatic ring is 1. The molecule has 5 nitrogen and oxygen atoms in total. The number of benzene rings is 1. The van der Waals surface area contributed by atoms with Crippen molar-refractivity contribution in [2.45, 2.75) is 77.8 Å². The van der Waals surface area contributed by atoms with Gasteiger partial charge in [0.15, 0.2) is 6.29 Å². The van der Waals surface area contributed by atoms with Crippen LogP contribution < -0.4 is 5.73 Å². The zero-order valence-electron chi connectivity index (χ0n) is 18.3. The van der Waals surface area contributed by atoms with E-state index in [4.69, 9.17) is 24.7 Å². The van der Waals surface area contributed by atoms with Crippen molar-refractivity contribution >= 4 is 5.69 Å². The molecule has 0 aromatic heterocycles. The molecule has 0 heterocycles. The van der Waals surface area contributed by atoms with Gasteiger partial charge in [0, 0.05) is 26.3 Å². The summed E-state index contributed by atoms with van der Waals surface area (Å²) < 4.78 is 22.9. The van der Waals surface area contributed by atoms with Crippen molar-refractivity contribution in [2.75, 3.05) is 33.2 Å². The average Bonchev–Trinajstić information content (AvgIpc) is 2.58. The Morgan fingerprint density at radius 3 is 2.22 bits per heavy atom. The van der Waals surface area contributed by atoms with E-state index in [2.05, 4.69) is 40.7 Å². The Labute approximate surface area is 165 Å². The van der Waals surface area contributed by atoms with Gasteiger partial charge in [-0.15, -0.1) is 0 Å². The molecule has 156 valence electrons. The zero-order valence-corrected chi connectivity index (χ0v) is 18.3. The lowest BCUT2D eigenvalue weighted by atomic mass is 9.98. The fraction of sp³-hybridized carbons (Fsp3) is 0.727. The van der Waals surface area contributed by atoms with Crippen LogP contribution in [-0.2, 0) is 25.4 Å². The van der Waals surface area contributed by atoms with Crippen LogP contribution in [0.1, 0.15) is 58.1 Å². The maximum absolute atomic E-state index is 6.19. The Hall–Kier alpha value is -1.14. The third-order valence-corrected chi connectivity index (χ3v) is 5.07. The molecule has 0 aliphatic carbocycles. The smallest absolute Gasteiger partial charge is 0.159 e. The summed E-state index contributed by atoms with van der Waals surface area (Å²) >= 11 is 0. The molecule has 0 saturated carbocycles. The van der Waals surface area contributed by atoms with Gasteiger partial charge in [-0.2, -0.15) is 0 Å². The lowest BCUT2D eigenvalue weighted by Gasteiger charge is -2.33. The quantitative estimate of drug-likeness (QED) is 0.403. The highest BCUT2D eigenvalue weighted by Crippen LogP contribution is 2.25. The zero-order chi connectivity index (χ0) is 20.5. The summed E-state index contributed by atoms with van der Waals surface area (Å²) in [5, 5.41) is 0. The number of methoxy groups -OCH3 is 2. The Morgan fingerprint density at radius 1 is 1.00 bits per heavy atom. The lowest BCUT2D eigenvalue weighted by Crippen LogP contribution is -2.36. The number of hydrogen-bond acceptors (Lipinski definition) is 5. The first-order chi connectivity index (χ1) is 12.6. The Morgan fingerprint density at radius 2 is 1.67 bits per heavy atom. The summed E-state index contributed by atoms with van der Waals surface area (Å²) in [5.74, 6) is 0. The maximum atomic E-state index is 6.19. The molecule has 0 saturated heterocycles. The number of ether oxygens (including phenoxy) is 4. The van der Waals surface area contributed by atoms with Gasteiger partial charge in [-0.25, -0.2) is 0 Å². The van der Waals surface area contributed by atoms with Gasteiger partial charge < -0.3 is 24.7 Å². The standard InChI is InChI=1S/C22H39NO4/c1-8-22(5,16-20(24-6)25-7)27-12-10-21(3,4)26-11-9-18-13-17(2)14-19(23)15-18/h13-15,20H,8-12,16,23H2,1-7H3. The van der Waals surface area contributed by atoms with Crippen LogP contribution in [0.5, 0.6) is 0 Å². The lowest BCUT2D eigenvalue weighted by molar-refractivity contribution is -0.159. The van der Waals surface area contributed by atoms with E-state index in [1.807, 2.05) is 12.1 Å². The fourth-order valence-electron chi connectivity index (χ4n) is 3.02. The highest BCUT2D eigenvalue weighted by atomic mass is 16.7. The van der Waals surface area contributed by atoms with Crippen LogP contribution in [0.15, 0.2) is 18.2 Å². The van der Waals surface area contributed by atoms with E-state index in [0.717, 1.165) is 24.9 Å². The molecule has 0 aliphatic heterocycles. The van der Waals surface area contributed by atoms with Crippen LogP contribution in [0.3, 0.4) is 0 Å². The molecule has 1 aromatic rings. The molecule has 5 heteroatoms. The largest absolute Gasteiger partial charge is 0.399 e. The monoisotopic (exact) mass is 381 g/mol. The second kappa shape index (κ2) is 11.0. The van der Waals surface area contributed by atoms with E-state index < -0.39 is 0 Å². The van der Waals surface area contributed by atoms with Crippen molar-refractivity contribution in [3.8, 4) is 0 Å². The summed E-state index contributed by atoms with van der Waals surface area (Å²) in [5.41, 5.74) is 8.60. The van der Waals surface area contributed by atoms with Crippen LogP contribution in [0.2, 0.25) is 0 Å². The second-order valence-corrected chi connectivity index (χ2v) is 8.12. The van der Waals surface area contributed by atoms with Crippen molar-refractivity contribution in [3.63, 3.8) is 0 Å². The molecule has 1 rings (SSSR count). The van der Waals surface area contributed by atoms with Crippen LogP contribution in [0, 0.1) is 6.92 Å². The van der Waals surface area contributed by atoms with E-state index in [9.17, 15) is 0 Å². The summed E-state index contributed by atoms with van der Waals surface area (Å²) in [6, 6.07) is 6.15. The number of anilines is 1. The van der Waals surface area contributed by atoms with Gasteiger partial charge in [-0.05, 0) is 70.2 Å². The number of aryl methyl sites for hydroxylation is 1. The molecule has 1 aromatic carbocycles. The van der Waals surface area contributed by atoms with Crippen molar-refractivity contribution in [1.82, 2.24) is 0 Å². The van der Waals surface area contributed by atoms with Crippen molar-refractivity contribution in [1.29, 1.82) is 0 Å². The predicted octanol–water partition coefficient (Wildman–Crippen LogP) is 4.50. The Kier molecular flexibility index (Phi) is 9.74. The molecule has 0 radical (unpaired) electrons. The van der Waals surface area contributed by atoms with Crippen LogP contribution in [0.25, 0.3) is 0 Å². The first kappa shape index (κ1) is 23.9. The van der Waals surface area contributed by atoms with E-state index in [-0.39, 0.29) is 17.5 Å². The fourth-order valence-corrected chi connectivity index (χ4v) is 3.02. The summed E-state index contributed by atoms with van der Waals surface area (Å²) in [6.45, 7) is 11.8. The Balaban J connectivity index is 2.43. The predicted molar refractivity (Wildman–Crippen MR) is 111 cm³/mol. The van der Waals surface area contributed by atoms with Gasteiger partial charge in [0.1, 0.15) is 0 Å². The highest BCUT2D eigenvalue weighted by molar-refractivity contribution is 5.44. The second-order valence-electron chi connectivity index (χ2n) is 8.12. The SMILES string of the molecule is CCC(C)(CC(OC)OC)OCCC(C)(C)OCCc1cc(C)cc(N)c1. The first-order valence-electron chi connectivity index (χ1n) is 9.82. The van der Waals surface area contributed by atoms with E-state index in [1.54, 1.807) is 14.2 Å². The number of rotatable bonds is 13. The maximum Gasteiger partial charge on any atom is 0.159 e.